The van der Waals surface area contributed by atoms with Gasteiger partial charge in [-0.3, -0.25) is 4.79 Å². The van der Waals surface area contributed by atoms with Crippen LogP contribution < -0.4 is 0 Å². The lowest BCUT2D eigenvalue weighted by molar-refractivity contribution is -0.157. The lowest BCUT2D eigenvalue weighted by atomic mass is 9.46. The van der Waals surface area contributed by atoms with Gasteiger partial charge in [-0.25, -0.2) is 0 Å². The van der Waals surface area contributed by atoms with Gasteiger partial charge in [0, 0.05) is 19.5 Å². The van der Waals surface area contributed by atoms with E-state index < -0.39 is 0 Å². The summed E-state index contributed by atoms with van der Waals surface area (Å²) in [6.45, 7) is 7.54. The third-order valence-corrected chi connectivity index (χ3v) is 9.50. The predicted molar refractivity (Wildman–Crippen MR) is 115 cm³/mol. The molecule has 1 amide bonds. The molecule has 150 valence electrons. The number of piperidine rings is 1. The van der Waals surface area contributed by atoms with Crippen LogP contribution in [0.3, 0.4) is 0 Å². The Morgan fingerprint density at radius 3 is 2.54 bits per heavy atom. The number of benzene rings is 1. The maximum atomic E-state index is 12.4. The highest BCUT2D eigenvalue weighted by Gasteiger charge is 2.61. The summed E-state index contributed by atoms with van der Waals surface area (Å²) in [6.07, 6.45) is 9.56. The third-order valence-electron chi connectivity index (χ3n) is 9.50. The van der Waals surface area contributed by atoms with E-state index in [2.05, 4.69) is 69.1 Å². The smallest absolute Gasteiger partial charge is 0.222 e. The van der Waals surface area contributed by atoms with E-state index in [4.69, 9.17) is 0 Å². The highest BCUT2D eigenvalue weighted by Crippen LogP contribution is 2.67. The standard InChI is InChI=1S/C26H35NO/c1-17-16-21(18-8-6-5-7-9-18)26(3)14-12-20-19(24(17)26)10-11-22-25(20,2)15-13-23(28)27(22)4/h5-9,16-17,19-20,22,24H,10-15H2,1-4H3/t17-,19?,20?,22?,24?,25-,26-/m1/s1. The second-order valence-corrected chi connectivity index (χ2v) is 10.7. The van der Waals surface area contributed by atoms with Crippen molar-refractivity contribution in [2.75, 3.05) is 7.05 Å². The maximum Gasteiger partial charge on any atom is 0.222 e. The number of carbonyl (C=O) groups is 1. The predicted octanol–water partition coefficient (Wildman–Crippen LogP) is 5.79. The number of carbonyl (C=O) groups excluding carboxylic acids is 1. The van der Waals surface area contributed by atoms with Crippen LogP contribution in [0.1, 0.15) is 64.9 Å². The van der Waals surface area contributed by atoms with Crippen molar-refractivity contribution in [1.82, 2.24) is 4.90 Å². The third kappa shape index (κ3) is 2.36. The number of likely N-dealkylation sites (tertiary alicyclic amines) is 1. The lowest BCUT2D eigenvalue weighted by Crippen LogP contribution is -2.61. The lowest BCUT2D eigenvalue weighted by Gasteiger charge is -2.62. The molecule has 4 unspecified atom stereocenters. The van der Waals surface area contributed by atoms with Crippen LogP contribution in [0, 0.1) is 34.5 Å². The minimum Gasteiger partial charge on any atom is -0.342 e. The monoisotopic (exact) mass is 377 g/mol. The highest BCUT2D eigenvalue weighted by molar-refractivity contribution is 5.77. The van der Waals surface area contributed by atoms with Gasteiger partial charge in [-0.15, -0.1) is 0 Å². The molecule has 1 aromatic carbocycles. The summed E-state index contributed by atoms with van der Waals surface area (Å²) in [5.41, 5.74) is 3.65. The molecule has 3 aliphatic carbocycles. The molecule has 3 fully saturated rings. The van der Waals surface area contributed by atoms with Gasteiger partial charge in [0.15, 0.2) is 0 Å². The molecular weight excluding hydrogens is 342 g/mol. The Hall–Kier alpha value is -1.57. The Morgan fingerprint density at radius 2 is 1.79 bits per heavy atom. The average molecular weight is 378 g/mol. The molecule has 1 aromatic rings. The van der Waals surface area contributed by atoms with Crippen LogP contribution in [0.4, 0.5) is 0 Å². The molecule has 4 aliphatic rings. The van der Waals surface area contributed by atoms with Gasteiger partial charge < -0.3 is 4.90 Å². The van der Waals surface area contributed by atoms with Gasteiger partial charge in [-0.1, -0.05) is 57.2 Å². The maximum absolute atomic E-state index is 12.4. The first-order chi connectivity index (χ1) is 13.4. The molecular formula is C26H35NO. The number of nitrogens with zero attached hydrogens (tertiary/aromatic N) is 1. The summed E-state index contributed by atoms with van der Waals surface area (Å²) in [6, 6.07) is 11.6. The average Bonchev–Trinajstić information content (AvgIpc) is 2.97. The van der Waals surface area contributed by atoms with Gasteiger partial charge in [0.2, 0.25) is 5.91 Å². The number of allylic oxidation sites excluding steroid dienone is 2. The molecule has 1 aliphatic heterocycles. The van der Waals surface area contributed by atoms with Crippen molar-refractivity contribution >= 4 is 11.5 Å². The molecule has 1 heterocycles. The minimum absolute atomic E-state index is 0.307. The summed E-state index contributed by atoms with van der Waals surface area (Å²) in [7, 11) is 2.06. The topological polar surface area (TPSA) is 20.3 Å². The molecule has 2 heteroatoms. The minimum atomic E-state index is 0.307. The Labute approximate surface area is 170 Å². The summed E-state index contributed by atoms with van der Waals surface area (Å²) >= 11 is 0. The summed E-state index contributed by atoms with van der Waals surface area (Å²) < 4.78 is 0. The van der Waals surface area contributed by atoms with Crippen molar-refractivity contribution in [1.29, 1.82) is 0 Å². The second-order valence-electron chi connectivity index (χ2n) is 10.7. The first-order valence-electron chi connectivity index (χ1n) is 11.4. The largest absolute Gasteiger partial charge is 0.342 e. The zero-order valence-electron chi connectivity index (χ0n) is 17.9. The summed E-state index contributed by atoms with van der Waals surface area (Å²) in [5.74, 6) is 3.34. The number of fused-ring (bicyclic) bond motifs is 5. The van der Waals surface area contributed by atoms with Crippen molar-refractivity contribution in [3.05, 3.63) is 42.0 Å². The van der Waals surface area contributed by atoms with Crippen molar-refractivity contribution in [3.63, 3.8) is 0 Å². The van der Waals surface area contributed by atoms with Crippen molar-refractivity contribution in [2.45, 2.75) is 65.3 Å². The SMILES string of the molecule is C[C@@H]1C=C(c2ccccc2)[C@@]2(C)CCC3C(CCC4N(C)C(=O)CC[C@]34C)C12. The number of hydrogen-bond acceptors (Lipinski definition) is 1. The zero-order chi connectivity index (χ0) is 19.7. The summed E-state index contributed by atoms with van der Waals surface area (Å²) in [4.78, 5) is 14.5. The number of hydrogen-bond donors (Lipinski definition) is 0. The Balaban J connectivity index is 1.49. The van der Waals surface area contributed by atoms with Gasteiger partial charge in [0.1, 0.15) is 0 Å². The Bertz CT molecular complexity index is 813. The van der Waals surface area contributed by atoms with E-state index in [1.165, 1.54) is 31.2 Å². The number of amides is 1. The van der Waals surface area contributed by atoms with E-state index >= 15 is 0 Å². The molecule has 28 heavy (non-hydrogen) atoms. The molecule has 0 spiro atoms. The van der Waals surface area contributed by atoms with Crippen LogP contribution in [0.2, 0.25) is 0 Å². The van der Waals surface area contributed by atoms with Gasteiger partial charge in [0.05, 0.1) is 0 Å². The van der Waals surface area contributed by atoms with Gasteiger partial charge in [0.25, 0.3) is 0 Å². The molecule has 5 rings (SSSR count). The molecule has 2 nitrogen and oxygen atoms in total. The zero-order valence-corrected chi connectivity index (χ0v) is 17.9. The Morgan fingerprint density at radius 1 is 1.04 bits per heavy atom. The molecule has 0 N–H and O–H groups in total. The molecule has 1 saturated heterocycles. The van der Waals surface area contributed by atoms with E-state index in [9.17, 15) is 4.79 Å². The van der Waals surface area contributed by atoms with Crippen LogP contribution in [0.25, 0.3) is 5.57 Å². The fraction of sp³-hybridized carbons (Fsp3) is 0.654. The highest BCUT2D eigenvalue weighted by atomic mass is 16.2. The fourth-order valence-electron chi connectivity index (χ4n) is 8.28. The van der Waals surface area contributed by atoms with E-state index in [1.807, 2.05) is 0 Å². The van der Waals surface area contributed by atoms with E-state index in [1.54, 1.807) is 5.57 Å². The van der Waals surface area contributed by atoms with Crippen LogP contribution in [-0.4, -0.2) is 23.9 Å². The molecule has 7 atom stereocenters. The van der Waals surface area contributed by atoms with Crippen molar-refractivity contribution in [2.24, 2.45) is 34.5 Å². The van der Waals surface area contributed by atoms with E-state index in [0.717, 1.165) is 30.6 Å². The van der Waals surface area contributed by atoms with Crippen LogP contribution in [-0.2, 0) is 4.79 Å². The normalized spacial score (nSPS) is 45.1. The summed E-state index contributed by atoms with van der Waals surface area (Å²) in [5, 5.41) is 0. The van der Waals surface area contributed by atoms with Crippen molar-refractivity contribution in [3.8, 4) is 0 Å². The van der Waals surface area contributed by atoms with Gasteiger partial charge >= 0.3 is 0 Å². The van der Waals surface area contributed by atoms with Gasteiger partial charge in [-0.2, -0.15) is 0 Å². The molecule has 2 saturated carbocycles. The van der Waals surface area contributed by atoms with E-state index in [-0.39, 0.29) is 0 Å². The van der Waals surface area contributed by atoms with Crippen LogP contribution in [0.15, 0.2) is 36.4 Å². The first kappa shape index (κ1) is 18.5. The molecule has 0 radical (unpaired) electrons. The van der Waals surface area contributed by atoms with Crippen molar-refractivity contribution < 1.29 is 4.79 Å². The van der Waals surface area contributed by atoms with Crippen LogP contribution >= 0.6 is 0 Å². The first-order valence-corrected chi connectivity index (χ1v) is 11.4. The van der Waals surface area contributed by atoms with E-state index in [0.29, 0.717) is 28.7 Å². The Kier molecular flexibility index (Phi) is 4.09. The van der Waals surface area contributed by atoms with Gasteiger partial charge in [-0.05, 0) is 77.7 Å². The molecule has 0 bridgehead atoms. The van der Waals surface area contributed by atoms with Crippen LogP contribution in [0.5, 0.6) is 0 Å². The fourth-order valence-corrected chi connectivity index (χ4v) is 8.28. The second kappa shape index (κ2) is 6.21. The quantitative estimate of drug-likeness (QED) is 0.606. The number of rotatable bonds is 1. The molecule has 0 aromatic heterocycles.